The van der Waals surface area contributed by atoms with Gasteiger partial charge in [-0.15, -0.1) is 11.3 Å². The van der Waals surface area contributed by atoms with Crippen molar-refractivity contribution in [2.24, 2.45) is 0 Å². The van der Waals surface area contributed by atoms with E-state index in [1.54, 1.807) is 6.20 Å². The normalized spacial score (nSPS) is 13.3. The number of carbonyl (C=O) groups excluding carboxylic acids is 1. The molecule has 7 heteroatoms. The minimum atomic E-state index is -0.539. The molecule has 136 valence electrons. The second-order valence-electron chi connectivity index (χ2n) is 5.82. The van der Waals surface area contributed by atoms with Crippen molar-refractivity contribution in [2.45, 2.75) is 32.4 Å². The van der Waals surface area contributed by atoms with Crippen molar-refractivity contribution in [1.82, 2.24) is 10.3 Å². The molecule has 0 bridgehead atoms. The molecule has 0 amide bonds. The predicted octanol–water partition coefficient (Wildman–Crippen LogP) is 2.26. The zero-order valence-corrected chi connectivity index (χ0v) is 15.5. The van der Waals surface area contributed by atoms with Gasteiger partial charge in [-0.1, -0.05) is 12.1 Å². The van der Waals surface area contributed by atoms with Crippen molar-refractivity contribution in [1.29, 1.82) is 0 Å². The molecule has 0 aliphatic rings. The van der Waals surface area contributed by atoms with E-state index in [1.165, 1.54) is 18.4 Å². The van der Waals surface area contributed by atoms with Crippen LogP contribution in [0, 0.1) is 6.92 Å². The number of aromatic nitrogens is 1. The Morgan fingerprint density at radius 2 is 2.08 bits per heavy atom. The minimum Gasteiger partial charge on any atom is -0.482 e. The summed E-state index contributed by atoms with van der Waals surface area (Å²) in [6, 6.07) is 7.81. The standard InChI is InChI=1S/C18H24N2O4S/c1-12(19-9-16(21)17-10-20-13(2)25-17)8-14-4-6-15(7-5-14)24-11-18(22)23-3/h4-7,10,12,16,19,21H,8-9,11H2,1-3H3. The van der Waals surface area contributed by atoms with Crippen LogP contribution in [-0.2, 0) is 16.0 Å². The average Bonchev–Trinajstić information content (AvgIpc) is 3.05. The van der Waals surface area contributed by atoms with Crippen molar-refractivity contribution in [3.05, 3.63) is 45.9 Å². The van der Waals surface area contributed by atoms with Gasteiger partial charge in [0.1, 0.15) is 11.9 Å². The zero-order chi connectivity index (χ0) is 18.2. The lowest BCUT2D eigenvalue weighted by molar-refractivity contribution is -0.142. The van der Waals surface area contributed by atoms with Crippen LogP contribution >= 0.6 is 11.3 Å². The van der Waals surface area contributed by atoms with Crippen molar-refractivity contribution in [2.75, 3.05) is 20.3 Å². The van der Waals surface area contributed by atoms with Crippen LogP contribution in [-0.4, -0.2) is 42.4 Å². The second kappa shape index (κ2) is 9.50. The number of esters is 1. The zero-order valence-electron chi connectivity index (χ0n) is 14.7. The highest BCUT2D eigenvalue weighted by Gasteiger charge is 2.12. The molecule has 1 aromatic heterocycles. The lowest BCUT2D eigenvalue weighted by atomic mass is 10.1. The number of aryl methyl sites for hydroxylation is 1. The Bertz CT molecular complexity index is 672. The molecule has 2 aromatic rings. The highest BCUT2D eigenvalue weighted by Crippen LogP contribution is 2.20. The summed E-state index contributed by atoms with van der Waals surface area (Å²) in [7, 11) is 1.33. The highest BCUT2D eigenvalue weighted by atomic mass is 32.1. The van der Waals surface area contributed by atoms with E-state index >= 15 is 0 Å². The Hall–Kier alpha value is -1.96. The summed E-state index contributed by atoms with van der Waals surface area (Å²) in [5.74, 6) is 0.224. The van der Waals surface area contributed by atoms with Crippen molar-refractivity contribution >= 4 is 17.3 Å². The first-order valence-electron chi connectivity index (χ1n) is 8.10. The molecule has 2 rings (SSSR count). The molecule has 0 radical (unpaired) electrons. The first kappa shape index (κ1) is 19.4. The van der Waals surface area contributed by atoms with E-state index in [2.05, 4.69) is 22.0 Å². The topological polar surface area (TPSA) is 80.7 Å². The van der Waals surface area contributed by atoms with E-state index in [9.17, 15) is 9.90 Å². The van der Waals surface area contributed by atoms with Crippen molar-refractivity contribution in [3.8, 4) is 5.75 Å². The Labute approximate surface area is 151 Å². The summed E-state index contributed by atoms with van der Waals surface area (Å²) in [5, 5.41) is 14.5. The molecule has 0 aliphatic heterocycles. The average molecular weight is 364 g/mol. The van der Waals surface area contributed by atoms with Crippen LogP contribution in [0.15, 0.2) is 30.5 Å². The van der Waals surface area contributed by atoms with Gasteiger partial charge in [0, 0.05) is 18.8 Å². The van der Waals surface area contributed by atoms with E-state index in [0.29, 0.717) is 12.3 Å². The quantitative estimate of drug-likeness (QED) is 0.665. The predicted molar refractivity (Wildman–Crippen MR) is 96.9 cm³/mol. The maximum Gasteiger partial charge on any atom is 0.343 e. The maximum atomic E-state index is 11.0. The Morgan fingerprint density at radius 1 is 1.36 bits per heavy atom. The van der Waals surface area contributed by atoms with Crippen LogP contribution in [0.5, 0.6) is 5.75 Å². The maximum absolute atomic E-state index is 11.0. The Balaban J connectivity index is 1.76. The number of hydrogen-bond acceptors (Lipinski definition) is 7. The van der Waals surface area contributed by atoms with Gasteiger partial charge in [0.25, 0.3) is 0 Å². The third-order valence-corrected chi connectivity index (χ3v) is 4.69. The number of ether oxygens (including phenoxy) is 2. The molecule has 25 heavy (non-hydrogen) atoms. The number of hydrogen-bond donors (Lipinski definition) is 2. The molecule has 0 saturated carbocycles. The number of methoxy groups -OCH3 is 1. The number of nitrogens with zero attached hydrogens (tertiary/aromatic N) is 1. The third kappa shape index (κ3) is 6.45. The fourth-order valence-corrected chi connectivity index (χ4v) is 3.07. The molecular formula is C18H24N2O4S. The Kier molecular flexibility index (Phi) is 7.36. The number of benzene rings is 1. The molecule has 0 spiro atoms. The van der Waals surface area contributed by atoms with Gasteiger partial charge in [0.2, 0.25) is 0 Å². The van der Waals surface area contributed by atoms with Gasteiger partial charge < -0.3 is 19.9 Å². The molecule has 0 saturated heterocycles. The third-order valence-electron chi connectivity index (χ3n) is 3.68. The van der Waals surface area contributed by atoms with Gasteiger partial charge in [0.15, 0.2) is 6.61 Å². The number of carbonyl (C=O) groups is 1. The summed E-state index contributed by atoms with van der Waals surface area (Å²) < 4.78 is 9.85. The molecule has 2 unspecified atom stereocenters. The lowest BCUT2D eigenvalue weighted by Crippen LogP contribution is -2.31. The number of aliphatic hydroxyl groups excluding tert-OH is 1. The monoisotopic (exact) mass is 364 g/mol. The fraction of sp³-hybridized carbons (Fsp3) is 0.444. The van der Waals surface area contributed by atoms with Gasteiger partial charge >= 0.3 is 5.97 Å². The summed E-state index contributed by atoms with van der Waals surface area (Å²) in [6.07, 6.45) is 2.01. The highest BCUT2D eigenvalue weighted by molar-refractivity contribution is 7.11. The smallest absolute Gasteiger partial charge is 0.343 e. The molecule has 0 fully saturated rings. The van der Waals surface area contributed by atoms with Gasteiger partial charge in [-0.2, -0.15) is 0 Å². The molecule has 1 aromatic carbocycles. The number of thiazole rings is 1. The number of nitrogens with one attached hydrogen (secondary N) is 1. The van der Waals surface area contributed by atoms with E-state index in [1.807, 2.05) is 31.2 Å². The summed E-state index contributed by atoms with van der Waals surface area (Å²) in [6.45, 7) is 4.40. The van der Waals surface area contributed by atoms with Crippen LogP contribution in [0.4, 0.5) is 0 Å². The van der Waals surface area contributed by atoms with Crippen LogP contribution in [0.2, 0.25) is 0 Å². The molecule has 0 aliphatic carbocycles. The van der Waals surface area contributed by atoms with E-state index in [0.717, 1.165) is 21.9 Å². The fourth-order valence-electron chi connectivity index (χ4n) is 2.29. The van der Waals surface area contributed by atoms with Gasteiger partial charge in [-0.3, -0.25) is 0 Å². The largest absolute Gasteiger partial charge is 0.482 e. The summed E-state index contributed by atoms with van der Waals surface area (Å²) in [4.78, 5) is 16.1. The SMILES string of the molecule is COC(=O)COc1ccc(CC(C)NCC(O)c2cnc(C)s2)cc1. The van der Waals surface area contributed by atoms with Crippen LogP contribution in [0.3, 0.4) is 0 Å². The van der Waals surface area contributed by atoms with Gasteiger partial charge in [-0.05, 0) is 38.0 Å². The van der Waals surface area contributed by atoms with Crippen LogP contribution in [0.25, 0.3) is 0 Å². The number of rotatable bonds is 9. The van der Waals surface area contributed by atoms with Crippen molar-refractivity contribution < 1.29 is 19.4 Å². The minimum absolute atomic E-state index is 0.0945. The molecular weight excluding hydrogens is 340 g/mol. The van der Waals surface area contributed by atoms with Crippen LogP contribution in [0.1, 0.15) is 28.5 Å². The van der Waals surface area contributed by atoms with E-state index in [4.69, 9.17) is 4.74 Å². The van der Waals surface area contributed by atoms with E-state index < -0.39 is 12.1 Å². The first-order valence-corrected chi connectivity index (χ1v) is 8.92. The summed E-state index contributed by atoms with van der Waals surface area (Å²) >= 11 is 1.51. The summed E-state index contributed by atoms with van der Waals surface area (Å²) in [5.41, 5.74) is 1.15. The van der Waals surface area contributed by atoms with Gasteiger partial charge in [0.05, 0.1) is 17.0 Å². The molecule has 2 N–H and O–H groups in total. The number of aliphatic hydroxyl groups is 1. The van der Waals surface area contributed by atoms with E-state index in [-0.39, 0.29) is 12.6 Å². The lowest BCUT2D eigenvalue weighted by Gasteiger charge is -2.16. The second-order valence-corrected chi connectivity index (χ2v) is 7.09. The van der Waals surface area contributed by atoms with Crippen molar-refractivity contribution in [3.63, 3.8) is 0 Å². The molecule has 6 nitrogen and oxygen atoms in total. The molecule has 1 heterocycles. The van der Waals surface area contributed by atoms with Gasteiger partial charge in [-0.25, -0.2) is 9.78 Å². The first-order chi connectivity index (χ1) is 12.0. The molecule has 2 atom stereocenters. The Morgan fingerprint density at radius 3 is 2.68 bits per heavy atom. The van der Waals surface area contributed by atoms with Crippen LogP contribution < -0.4 is 10.1 Å².